The number of morpholine rings is 1. The zero-order valence-electron chi connectivity index (χ0n) is 17.3. The number of carbonyl (C=O) groups excluding carboxylic acids is 1. The SMILES string of the molecule is Cc1nc(C2(c3ccccc3)CCN(C(=O)CCCN3CCOCC3)CC2)cs1. The van der Waals surface area contributed by atoms with Crippen molar-refractivity contribution in [3.05, 3.63) is 52.0 Å². The largest absolute Gasteiger partial charge is 0.379 e. The maximum Gasteiger partial charge on any atom is 0.222 e. The maximum absolute atomic E-state index is 12.8. The maximum atomic E-state index is 12.8. The van der Waals surface area contributed by atoms with E-state index < -0.39 is 0 Å². The molecule has 6 heteroatoms. The molecule has 0 atom stereocenters. The minimum atomic E-state index is -0.0728. The van der Waals surface area contributed by atoms with Crippen molar-refractivity contribution in [1.29, 1.82) is 0 Å². The molecule has 0 bridgehead atoms. The minimum absolute atomic E-state index is 0.0728. The number of hydrogen-bond donors (Lipinski definition) is 0. The van der Waals surface area contributed by atoms with Crippen molar-refractivity contribution in [2.75, 3.05) is 45.9 Å². The summed E-state index contributed by atoms with van der Waals surface area (Å²) in [5, 5.41) is 3.32. The first-order valence-electron chi connectivity index (χ1n) is 10.7. The second-order valence-electron chi connectivity index (χ2n) is 8.14. The Balaban J connectivity index is 1.37. The standard InChI is InChI=1S/C23H31N3O2S/c1-19-24-21(18-29-19)23(20-6-3-2-4-7-20)9-12-26(13-10-23)22(27)8-5-11-25-14-16-28-17-15-25/h2-4,6-7,18H,5,8-17H2,1H3. The van der Waals surface area contributed by atoms with Crippen molar-refractivity contribution in [2.45, 2.75) is 38.0 Å². The molecule has 29 heavy (non-hydrogen) atoms. The van der Waals surface area contributed by atoms with Gasteiger partial charge in [-0.25, -0.2) is 4.98 Å². The summed E-state index contributed by atoms with van der Waals surface area (Å²) in [6.07, 6.45) is 3.46. The quantitative estimate of drug-likeness (QED) is 0.727. The summed E-state index contributed by atoms with van der Waals surface area (Å²) in [5.41, 5.74) is 2.42. The first-order chi connectivity index (χ1) is 14.2. The van der Waals surface area contributed by atoms with E-state index in [1.807, 2.05) is 0 Å². The van der Waals surface area contributed by atoms with Crippen LogP contribution >= 0.6 is 11.3 Å². The second-order valence-corrected chi connectivity index (χ2v) is 9.20. The number of piperidine rings is 1. The van der Waals surface area contributed by atoms with Crippen molar-refractivity contribution in [2.24, 2.45) is 0 Å². The molecule has 1 aromatic heterocycles. The van der Waals surface area contributed by atoms with Gasteiger partial charge >= 0.3 is 0 Å². The average Bonchev–Trinajstić information content (AvgIpc) is 3.22. The van der Waals surface area contributed by atoms with E-state index in [1.54, 1.807) is 11.3 Å². The lowest BCUT2D eigenvalue weighted by Gasteiger charge is -2.41. The summed E-state index contributed by atoms with van der Waals surface area (Å²) in [5.74, 6) is 0.300. The van der Waals surface area contributed by atoms with Crippen molar-refractivity contribution in [3.63, 3.8) is 0 Å². The molecule has 5 nitrogen and oxygen atoms in total. The third kappa shape index (κ3) is 4.71. The number of ether oxygens (including phenoxy) is 1. The summed E-state index contributed by atoms with van der Waals surface area (Å²) >= 11 is 1.72. The minimum Gasteiger partial charge on any atom is -0.379 e. The van der Waals surface area contributed by atoms with Gasteiger partial charge in [0.15, 0.2) is 0 Å². The molecule has 0 radical (unpaired) electrons. The Bertz CT molecular complexity index is 793. The number of nitrogens with zero attached hydrogens (tertiary/aromatic N) is 3. The van der Waals surface area contributed by atoms with Gasteiger partial charge < -0.3 is 9.64 Å². The molecule has 2 aromatic rings. The van der Waals surface area contributed by atoms with Crippen molar-refractivity contribution < 1.29 is 9.53 Å². The number of hydrogen-bond acceptors (Lipinski definition) is 5. The number of carbonyl (C=O) groups is 1. The van der Waals surface area contributed by atoms with Crippen LogP contribution < -0.4 is 0 Å². The molecule has 1 aromatic carbocycles. The molecule has 0 N–H and O–H groups in total. The summed E-state index contributed by atoms with van der Waals surface area (Å²) in [6, 6.07) is 10.7. The van der Waals surface area contributed by atoms with Gasteiger partial charge in [-0.1, -0.05) is 30.3 Å². The normalized spacial score (nSPS) is 20.0. The highest BCUT2D eigenvalue weighted by molar-refractivity contribution is 7.09. The lowest BCUT2D eigenvalue weighted by Crippen LogP contribution is -2.46. The van der Waals surface area contributed by atoms with E-state index in [-0.39, 0.29) is 5.41 Å². The number of rotatable bonds is 6. The van der Waals surface area contributed by atoms with E-state index in [1.165, 1.54) is 11.3 Å². The Hall–Kier alpha value is -1.76. The summed E-state index contributed by atoms with van der Waals surface area (Å²) in [4.78, 5) is 22.1. The van der Waals surface area contributed by atoms with Gasteiger partial charge in [0.25, 0.3) is 0 Å². The van der Waals surface area contributed by atoms with Gasteiger partial charge in [-0.05, 0) is 38.3 Å². The molecule has 1 amide bonds. The van der Waals surface area contributed by atoms with Crippen LogP contribution in [0.15, 0.2) is 35.7 Å². The predicted octanol–water partition coefficient (Wildman–Crippen LogP) is 3.47. The van der Waals surface area contributed by atoms with E-state index in [0.717, 1.165) is 70.2 Å². The van der Waals surface area contributed by atoms with E-state index in [0.29, 0.717) is 12.3 Å². The van der Waals surface area contributed by atoms with Crippen LogP contribution in [-0.2, 0) is 14.9 Å². The van der Waals surface area contributed by atoms with Gasteiger partial charge in [0.05, 0.1) is 23.9 Å². The third-order valence-electron chi connectivity index (χ3n) is 6.37. The van der Waals surface area contributed by atoms with Crippen LogP contribution in [0.1, 0.15) is 41.9 Å². The fraction of sp³-hybridized carbons (Fsp3) is 0.565. The van der Waals surface area contributed by atoms with Crippen LogP contribution in [0.2, 0.25) is 0 Å². The van der Waals surface area contributed by atoms with Gasteiger partial charge in [-0.3, -0.25) is 9.69 Å². The summed E-state index contributed by atoms with van der Waals surface area (Å²) in [6.45, 7) is 8.29. The van der Waals surface area contributed by atoms with E-state index in [9.17, 15) is 4.79 Å². The highest BCUT2D eigenvalue weighted by atomic mass is 32.1. The molecule has 0 aliphatic carbocycles. The highest BCUT2D eigenvalue weighted by Gasteiger charge is 2.40. The zero-order chi connectivity index (χ0) is 20.1. The van der Waals surface area contributed by atoms with E-state index in [2.05, 4.69) is 52.4 Å². The van der Waals surface area contributed by atoms with Crippen LogP contribution in [-0.4, -0.2) is 66.6 Å². The Morgan fingerprint density at radius 1 is 1.14 bits per heavy atom. The van der Waals surface area contributed by atoms with Gasteiger partial charge in [0.1, 0.15) is 0 Å². The highest BCUT2D eigenvalue weighted by Crippen LogP contribution is 2.42. The Morgan fingerprint density at radius 3 is 2.52 bits per heavy atom. The lowest BCUT2D eigenvalue weighted by atomic mass is 9.70. The summed E-state index contributed by atoms with van der Waals surface area (Å²) < 4.78 is 5.40. The van der Waals surface area contributed by atoms with Gasteiger partial charge in [0, 0.05) is 43.4 Å². The molecule has 0 saturated carbocycles. The van der Waals surface area contributed by atoms with Crippen LogP contribution in [0.4, 0.5) is 0 Å². The molecule has 156 valence electrons. The molecule has 2 aliphatic rings. The first kappa shape index (κ1) is 20.5. The summed E-state index contributed by atoms with van der Waals surface area (Å²) in [7, 11) is 0. The van der Waals surface area contributed by atoms with Gasteiger partial charge in [-0.2, -0.15) is 0 Å². The fourth-order valence-corrected chi connectivity index (χ4v) is 5.32. The molecule has 2 saturated heterocycles. The first-order valence-corrected chi connectivity index (χ1v) is 11.6. The van der Waals surface area contributed by atoms with Crippen LogP contribution in [0, 0.1) is 6.92 Å². The van der Waals surface area contributed by atoms with Crippen LogP contribution in [0.5, 0.6) is 0 Å². The van der Waals surface area contributed by atoms with Crippen molar-refractivity contribution in [1.82, 2.24) is 14.8 Å². The average molecular weight is 414 g/mol. The molecule has 3 heterocycles. The third-order valence-corrected chi connectivity index (χ3v) is 7.15. The number of thiazole rings is 1. The van der Waals surface area contributed by atoms with Gasteiger partial charge in [0.2, 0.25) is 5.91 Å². The molecular formula is C23H31N3O2S. The van der Waals surface area contributed by atoms with Crippen molar-refractivity contribution >= 4 is 17.2 Å². The number of aryl methyl sites for hydroxylation is 1. The predicted molar refractivity (Wildman–Crippen MR) is 116 cm³/mol. The number of benzene rings is 1. The molecule has 2 fully saturated rings. The fourth-order valence-electron chi connectivity index (χ4n) is 4.61. The van der Waals surface area contributed by atoms with E-state index >= 15 is 0 Å². The topological polar surface area (TPSA) is 45.7 Å². The Labute approximate surface area is 177 Å². The van der Waals surface area contributed by atoms with Crippen LogP contribution in [0.25, 0.3) is 0 Å². The second kappa shape index (κ2) is 9.37. The Morgan fingerprint density at radius 2 is 1.86 bits per heavy atom. The van der Waals surface area contributed by atoms with Crippen molar-refractivity contribution in [3.8, 4) is 0 Å². The number of likely N-dealkylation sites (tertiary alicyclic amines) is 1. The molecule has 4 rings (SSSR count). The number of amides is 1. The lowest BCUT2D eigenvalue weighted by molar-refractivity contribution is -0.132. The van der Waals surface area contributed by atoms with Crippen LogP contribution in [0.3, 0.4) is 0 Å². The monoisotopic (exact) mass is 413 g/mol. The smallest absolute Gasteiger partial charge is 0.222 e. The molecule has 0 spiro atoms. The zero-order valence-corrected chi connectivity index (χ0v) is 18.1. The molecular weight excluding hydrogens is 382 g/mol. The van der Waals surface area contributed by atoms with Gasteiger partial charge in [-0.15, -0.1) is 11.3 Å². The molecule has 2 aliphatic heterocycles. The van der Waals surface area contributed by atoms with E-state index in [4.69, 9.17) is 9.72 Å². The number of aromatic nitrogens is 1. The molecule has 0 unspecified atom stereocenters. The Kier molecular flexibility index (Phi) is 6.63.